The van der Waals surface area contributed by atoms with E-state index in [0.29, 0.717) is 5.69 Å². The van der Waals surface area contributed by atoms with Crippen LogP contribution in [0.5, 0.6) is 0 Å². The molecule has 0 aliphatic heterocycles. The summed E-state index contributed by atoms with van der Waals surface area (Å²) in [6.07, 6.45) is 0. The lowest BCUT2D eigenvalue weighted by molar-refractivity contribution is -0.119. The van der Waals surface area contributed by atoms with E-state index in [0.717, 1.165) is 21.2 Å². The van der Waals surface area contributed by atoms with Crippen molar-refractivity contribution in [2.75, 3.05) is 5.32 Å². The molecule has 0 saturated carbocycles. The number of hydrogen-bond acceptors (Lipinski definition) is 5. The molecule has 7 heteroatoms. The number of carbonyl (C=O) groups is 2. The zero-order valence-electron chi connectivity index (χ0n) is 13.5. The summed E-state index contributed by atoms with van der Waals surface area (Å²) in [4.78, 5) is 28.3. The first-order chi connectivity index (χ1) is 10.8. The fourth-order valence-corrected chi connectivity index (χ4v) is 3.90. The minimum atomic E-state index is -0.523. The van der Waals surface area contributed by atoms with E-state index >= 15 is 0 Å². The number of benzene rings is 1. The average molecular weight is 349 g/mol. The number of amides is 3. The van der Waals surface area contributed by atoms with Crippen molar-refractivity contribution >= 4 is 40.7 Å². The zero-order chi connectivity index (χ0) is 17.0. The molecule has 2 rings (SSSR count). The quantitative estimate of drug-likeness (QED) is 0.821. The monoisotopic (exact) mass is 349 g/mol. The summed E-state index contributed by atoms with van der Waals surface area (Å²) >= 11 is 2.83. The Hall–Kier alpha value is -1.86. The number of carbonyl (C=O) groups excluding carboxylic acids is 2. The highest BCUT2D eigenvalue weighted by atomic mass is 32.2. The molecule has 1 aromatic heterocycles. The van der Waals surface area contributed by atoms with Gasteiger partial charge in [-0.1, -0.05) is 29.5 Å². The third kappa shape index (κ3) is 5.07. The summed E-state index contributed by atoms with van der Waals surface area (Å²) < 4.78 is 0.819. The molecule has 0 saturated heterocycles. The fraction of sp³-hybridized carbons (Fsp3) is 0.312. The predicted octanol–water partition coefficient (Wildman–Crippen LogP) is 3.90. The van der Waals surface area contributed by atoms with Crippen LogP contribution < -0.4 is 10.6 Å². The van der Waals surface area contributed by atoms with Crippen LogP contribution in [0.2, 0.25) is 0 Å². The molecule has 1 atom stereocenters. The van der Waals surface area contributed by atoms with Gasteiger partial charge in [0.2, 0.25) is 5.91 Å². The number of rotatable bonds is 4. The van der Waals surface area contributed by atoms with Gasteiger partial charge in [0.1, 0.15) is 0 Å². The molecule has 2 N–H and O–H groups in total. The van der Waals surface area contributed by atoms with Crippen molar-refractivity contribution in [2.24, 2.45) is 0 Å². The smallest absolute Gasteiger partial charge is 0.307 e. The molecule has 0 aliphatic carbocycles. The van der Waals surface area contributed by atoms with Crippen molar-refractivity contribution in [3.8, 4) is 0 Å². The number of nitrogens with one attached hydrogen (secondary N) is 2. The first-order valence-electron chi connectivity index (χ1n) is 7.13. The fourth-order valence-electron chi connectivity index (χ4n) is 1.91. The van der Waals surface area contributed by atoms with Crippen molar-refractivity contribution in [3.05, 3.63) is 40.4 Å². The molecular weight excluding hydrogens is 330 g/mol. The average Bonchev–Trinajstić information content (AvgIpc) is 2.87. The Balaban J connectivity index is 1.90. The largest absolute Gasteiger partial charge is 0.325 e. The number of thiazole rings is 1. The Bertz CT molecular complexity index is 728. The molecule has 122 valence electrons. The number of aryl methyl sites for hydroxylation is 3. The third-order valence-corrected chi connectivity index (χ3v) is 5.30. The maximum atomic E-state index is 12.1. The first-order valence-corrected chi connectivity index (χ1v) is 8.89. The molecule has 2 aromatic rings. The van der Waals surface area contributed by atoms with Crippen molar-refractivity contribution in [3.63, 3.8) is 0 Å². The van der Waals surface area contributed by atoms with E-state index in [9.17, 15) is 9.59 Å². The van der Waals surface area contributed by atoms with E-state index < -0.39 is 11.3 Å². The molecule has 0 fully saturated rings. The minimum absolute atomic E-state index is 0.342. The van der Waals surface area contributed by atoms with Crippen LogP contribution in [-0.2, 0) is 4.79 Å². The highest BCUT2D eigenvalue weighted by Gasteiger charge is 2.18. The maximum Gasteiger partial charge on any atom is 0.325 e. The van der Waals surface area contributed by atoms with Gasteiger partial charge in [-0.3, -0.25) is 10.1 Å². The zero-order valence-corrected chi connectivity index (χ0v) is 15.1. The molecule has 0 spiro atoms. The van der Waals surface area contributed by atoms with Crippen molar-refractivity contribution in [2.45, 2.75) is 37.3 Å². The molecule has 1 aromatic carbocycles. The van der Waals surface area contributed by atoms with Crippen molar-refractivity contribution in [1.82, 2.24) is 10.3 Å². The van der Waals surface area contributed by atoms with Gasteiger partial charge in [0.25, 0.3) is 0 Å². The highest BCUT2D eigenvalue weighted by molar-refractivity contribution is 8.02. The van der Waals surface area contributed by atoms with Crippen LogP contribution in [0.1, 0.15) is 23.7 Å². The van der Waals surface area contributed by atoms with Gasteiger partial charge in [0, 0.05) is 16.8 Å². The normalized spacial score (nSPS) is 11.8. The lowest BCUT2D eigenvalue weighted by Crippen LogP contribution is -2.39. The van der Waals surface area contributed by atoms with E-state index in [2.05, 4.69) is 15.6 Å². The molecule has 3 amide bonds. The molecule has 23 heavy (non-hydrogen) atoms. The minimum Gasteiger partial charge on any atom is -0.307 e. The van der Waals surface area contributed by atoms with Crippen LogP contribution in [0, 0.1) is 20.8 Å². The molecule has 5 nitrogen and oxygen atoms in total. The van der Waals surface area contributed by atoms with Gasteiger partial charge in [-0.05, 0) is 39.3 Å². The van der Waals surface area contributed by atoms with Crippen LogP contribution in [0.15, 0.2) is 27.9 Å². The summed E-state index contributed by atoms with van der Waals surface area (Å²) in [5, 5.41) is 6.59. The number of imide groups is 1. The van der Waals surface area contributed by atoms with Crippen molar-refractivity contribution < 1.29 is 9.59 Å². The standard InChI is InChI=1S/C16H19N3O2S2/c1-9-5-6-13(10(2)7-9)18-15(21)19-14(20)12(4)23-16-17-11(3)8-22-16/h5-8,12H,1-4H3,(H2,18,19,20,21). The summed E-state index contributed by atoms with van der Waals surface area (Å²) in [6.45, 7) is 7.55. The highest BCUT2D eigenvalue weighted by Crippen LogP contribution is 2.26. The van der Waals surface area contributed by atoms with Gasteiger partial charge in [-0.2, -0.15) is 0 Å². The molecule has 1 heterocycles. The SMILES string of the molecule is Cc1ccc(NC(=O)NC(=O)C(C)Sc2nc(C)cs2)c(C)c1. The first kappa shape index (κ1) is 17.5. The molecule has 0 bridgehead atoms. The Morgan fingerprint density at radius 3 is 2.61 bits per heavy atom. The topological polar surface area (TPSA) is 71.1 Å². The lowest BCUT2D eigenvalue weighted by Gasteiger charge is -2.12. The second kappa shape index (κ2) is 7.61. The van der Waals surface area contributed by atoms with E-state index in [4.69, 9.17) is 0 Å². The van der Waals surface area contributed by atoms with Crippen molar-refractivity contribution in [1.29, 1.82) is 0 Å². The summed E-state index contributed by atoms with van der Waals surface area (Å²) in [5.74, 6) is -0.342. The van der Waals surface area contributed by atoms with Gasteiger partial charge < -0.3 is 5.32 Å². The number of nitrogens with zero attached hydrogens (tertiary/aromatic N) is 1. The lowest BCUT2D eigenvalue weighted by atomic mass is 10.1. The second-order valence-corrected chi connectivity index (χ2v) is 7.72. The maximum absolute atomic E-state index is 12.1. The summed E-state index contributed by atoms with van der Waals surface area (Å²) in [7, 11) is 0. The van der Waals surface area contributed by atoms with E-state index in [1.54, 1.807) is 6.92 Å². The molecule has 0 radical (unpaired) electrons. The van der Waals surface area contributed by atoms with Gasteiger partial charge in [0.05, 0.1) is 5.25 Å². The Labute approximate surface area is 143 Å². The van der Waals surface area contributed by atoms with Gasteiger partial charge in [-0.15, -0.1) is 11.3 Å². The Morgan fingerprint density at radius 2 is 2.00 bits per heavy atom. The van der Waals surface area contributed by atoms with Crippen LogP contribution in [0.3, 0.4) is 0 Å². The van der Waals surface area contributed by atoms with Crippen LogP contribution in [0.4, 0.5) is 10.5 Å². The van der Waals surface area contributed by atoms with E-state index in [-0.39, 0.29) is 5.91 Å². The van der Waals surface area contributed by atoms with Gasteiger partial charge in [-0.25, -0.2) is 9.78 Å². The Kier molecular flexibility index (Phi) is 5.79. The summed E-state index contributed by atoms with van der Waals surface area (Å²) in [5.41, 5.74) is 3.69. The van der Waals surface area contributed by atoms with Crippen LogP contribution in [-0.4, -0.2) is 22.2 Å². The van der Waals surface area contributed by atoms with Crippen LogP contribution >= 0.6 is 23.1 Å². The third-order valence-electron chi connectivity index (χ3n) is 3.11. The predicted molar refractivity (Wildman–Crippen MR) is 95.2 cm³/mol. The van der Waals surface area contributed by atoms with Crippen LogP contribution in [0.25, 0.3) is 0 Å². The molecular formula is C16H19N3O2S2. The van der Waals surface area contributed by atoms with E-state index in [1.165, 1.54) is 23.1 Å². The number of urea groups is 1. The number of hydrogen-bond donors (Lipinski definition) is 2. The second-order valence-electron chi connectivity index (χ2n) is 5.28. The summed E-state index contributed by atoms with van der Waals surface area (Å²) in [6, 6.07) is 5.18. The number of thioether (sulfide) groups is 1. The van der Waals surface area contributed by atoms with E-state index in [1.807, 2.05) is 44.4 Å². The molecule has 1 unspecified atom stereocenters. The molecule has 0 aliphatic rings. The van der Waals surface area contributed by atoms with Gasteiger partial charge >= 0.3 is 6.03 Å². The van der Waals surface area contributed by atoms with Gasteiger partial charge in [0.15, 0.2) is 4.34 Å². The number of aromatic nitrogens is 1. The number of anilines is 1. The Morgan fingerprint density at radius 1 is 1.26 bits per heavy atom.